The highest BCUT2D eigenvalue weighted by atomic mass is 16.7. The molecule has 0 bridgehead atoms. The number of likely N-dealkylation sites (N-methyl/N-ethyl adjacent to an activating group) is 1. The minimum Gasteiger partial charge on any atom is -0.481 e. The zero-order chi connectivity index (χ0) is 51.5. The van der Waals surface area contributed by atoms with Crippen molar-refractivity contribution in [2.24, 2.45) is 5.92 Å². The predicted octanol–water partition coefficient (Wildman–Crippen LogP) is -0.166. The van der Waals surface area contributed by atoms with E-state index in [0.29, 0.717) is 69.9 Å². The van der Waals surface area contributed by atoms with Gasteiger partial charge in [-0.3, -0.25) is 62.8 Å². The Labute approximate surface area is 411 Å². The summed E-state index contributed by atoms with van der Waals surface area (Å²) >= 11 is 0. The number of benzene rings is 2. The first-order valence-electron chi connectivity index (χ1n) is 24.1. The zero-order valence-electron chi connectivity index (χ0n) is 40.7. The number of cyclic esters (lactones) is 1. The summed E-state index contributed by atoms with van der Waals surface area (Å²) in [4.78, 5) is 126. The smallest absolute Gasteiger partial charge is 0.317 e. The molecule has 0 spiro atoms. The van der Waals surface area contributed by atoms with Gasteiger partial charge in [0.1, 0.15) is 30.2 Å². The van der Waals surface area contributed by atoms with Crippen LogP contribution in [-0.4, -0.2) is 191 Å². The number of para-hydroxylation sites is 1. The lowest BCUT2D eigenvalue weighted by molar-refractivity contribution is -0.160. The molecule has 71 heavy (non-hydrogen) atoms. The molecule has 2 fully saturated rings. The van der Waals surface area contributed by atoms with Crippen molar-refractivity contribution in [3.05, 3.63) is 64.7 Å². The van der Waals surface area contributed by atoms with Gasteiger partial charge in [0.05, 0.1) is 31.6 Å². The van der Waals surface area contributed by atoms with Crippen molar-refractivity contribution in [3.63, 3.8) is 0 Å². The molecule has 22 heteroatoms. The molecule has 4 aliphatic rings. The summed E-state index contributed by atoms with van der Waals surface area (Å²) in [6, 6.07) is 7.39. The fourth-order valence-corrected chi connectivity index (χ4v) is 9.82. The van der Waals surface area contributed by atoms with E-state index >= 15 is 0 Å². The van der Waals surface area contributed by atoms with Crippen molar-refractivity contribution in [1.82, 2.24) is 35.6 Å². The number of esters is 1. The van der Waals surface area contributed by atoms with Gasteiger partial charge in [0.25, 0.3) is 0 Å². The zero-order valence-corrected chi connectivity index (χ0v) is 40.7. The Morgan fingerprint density at radius 2 is 1.42 bits per heavy atom. The highest BCUT2D eigenvalue weighted by molar-refractivity contribution is 6.08. The first-order valence-corrected chi connectivity index (χ1v) is 24.1. The van der Waals surface area contributed by atoms with E-state index in [1.165, 1.54) is 24.0 Å². The van der Waals surface area contributed by atoms with E-state index in [1.54, 1.807) is 28.9 Å². The summed E-state index contributed by atoms with van der Waals surface area (Å²) in [6.45, 7) is 6.62. The summed E-state index contributed by atoms with van der Waals surface area (Å²) in [7, 11) is 2.76. The summed E-state index contributed by atoms with van der Waals surface area (Å²) in [5.41, 5.74) is 3.68. The van der Waals surface area contributed by atoms with Crippen LogP contribution in [0.4, 0.5) is 5.69 Å². The topological polar surface area (TPSA) is 285 Å². The fraction of sp³-hybridized carbons (Fsp3) is 0.571. The number of carbonyl (C=O) groups excluding carboxylic acids is 6. The number of carboxylic acid groups (broad SMARTS) is 3. The van der Waals surface area contributed by atoms with Crippen LogP contribution in [0, 0.1) is 5.92 Å². The van der Waals surface area contributed by atoms with Gasteiger partial charge >= 0.3 is 23.9 Å². The number of carbonyl (C=O) groups is 9. The second kappa shape index (κ2) is 24.6. The Morgan fingerprint density at radius 3 is 2.01 bits per heavy atom. The molecule has 6 N–H and O–H groups in total. The highest BCUT2D eigenvalue weighted by Crippen LogP contribution is 2.39. The van der Waals surface area contributed by atoms with E-state index in [0.717, 1.165) is 16.7 Å². The number of nitrogens with zero attached hydrogens (tertiary/aromatic N) is 5. The molecular weight excluding hydrogens is 925 g/mol. The molecule has 2 unspecified atom stereocenters. The first-order chi connectivity index (χ1) is 33.8. The first kappa shape index (κ1) is 53.9. The van der Waals surface area contributed by atoms with Gasteiger partial charge in [-0.25, -0.2) is 0 Å². The number of rotatable bonds is 21. The fourth-order valence-electron chi connectivity index (χ4n) is 9.82. The van der Waals surface area contributed by atoms with Crippen LogP contribution in [0.3, 0.4) is 0 Å². The standard InChI is InChI=1S/C49H66N8O14/c1-5-29(2)43(46(67)51-35-14-13-32-7-6-8-33-24-37(57(44(32)33)48(35)69)45(66)52-36-25-42(65)71-49(36)70-4)53(3)47(68)34(15-16-39(59)60)50-38(58)23-30-9-11-31(12-10-30)26-54-17-19-55(27-40(61)62)21-22-56(20-18-54)28-41(63)64/h6-12,29,34-37,43,49H,5,13-28H2,1-4H3,(H,50,58)(H,51,67)(H,52,66)(H,59,60)(H,61,62)(H,63,64)/t29-,34-,35-,36?,37-,43-,49?/m0/s1. The maximum atomic E-state index is 14.6. The quantitative estimate of drug-likeness (QED) is 0.0886. The third-order valence-electron chi connectivity index (χ3n) is 13.8. The number of aliphatic carboxylic acids is 3. The number of ether oxygens (including phenoxy) is 2. The van der Waals surface area contributed by atoms with Crippen LogP contribution in [0.15, 0.2) is 42.5 Å². The average Bonchev–Trinajstić information content (AvgIpc) is 3.88. The maximum Gasteiger partial charge on any atom is 0.317 e. The molecule has 0 aromatic heterocycles. The number of amides is 5. The van der Waals surface area contributed by atoms with Gasteiger partial charge in [-0.2, -0.15) is 0 Å². The van der Waals surface area contributed by atoms with E-state index < -0.39 is 102 Å². The van der Waals surface area contributed by atoms with Crippen LogP contribution in [-0.2, 0) is 78.4 Å². The molecule has 2 saturated heterocycles. The summed E-state index contributed by atoms with van der Waals surface area (Å²) < 4.78 is 10.4. The normalized spacial score (nSPS) is 22.1. The molecule has 6 rings (SSSR count). The van der Waals surface area contributed by atoms with Crippen molar-refractivity contribution in [2.45, 2.75) is 108 Å². The molecule has 4 aliphatic heterocycles. The van der Waals surface area contributed by atoms with E-state index in [4.69, 9.17) is 9.47 Å². The van der Waals surface area contributed by atoms with Gasteiger partial charge in [-0.1, -0.05) is 62.7 Å². The van der Waals surface area contributed by atoms with Crippen LogP contribution in [0.1, 0.15) is 68.2 Å². The van der Waals surface area contributed by atoms with Crippen LogP contribution in [0.25, 0.3) is 0 Å². The molecule has 2 aromatic rings. The molecule has 0 radical (unpaired) electrons. The summed E-state index contributed by atoms with van der Waals surface area (Å²) in [6.07, 6.45) is -0.795. The van der Waals surface area contributed by atoms with Gasteiger partial charge in [0.15, 0.2) is 0 Å². The van der Waals surface area contributed by atoms with Gasteiger partial charge < -0.3 is 45.6 Å². The lowest BCUT2D eigenvalue weighted by atomic mass is 9.95. The van der Waals surface area contributed by atoms with Gasteiger partial charge in [0, 0.05) is 72.8 Å². The van der Waals surface area contributed by atoms with Crippen molar-refractivity contribution >= 4 is 59.1 Å². The Morgan fingerprint density at radius 1 is 0.817 bits per heavy atom. The van der Waals surface area contributed by atoms with Crippen molar-refractivity contribution in [1.29, 1.82) is 0 Å². The third-order valence-corrected chi connectivity index (χ3v) is 13.8. The number of hydrogen-bond acceptors (Lipinski definition) is 14. The number of anilines is 1. The molecule has 7 atom stereocenters. The molecular formula is C49H66N8O14. The minimum atomic E-state index is -1.32. The number of hydrogen-bond donors (Lipinski definition) is 6. The monoisotopic (exact) mass is 990 g/mol. The summed E-state index contributed by atoms with van der Waals surface area (Å²) in [5.74, 6) is -7.09. The van der Waals surface area contributed by atoms with Crippen LogP contribution >= 0.6 is 0 Å². The third kappa shape index (κ3) is 14.1. The van der Waals surface area contributed by atoms with Crippen LogP contribution in [0.2, 0.25) is 0 Å². The van der Waals surface area contributed by atoms with Gasteiger partial charge in [-0.05, 0) is 47.4 Å². The number of methoxy groups -OCH3 is 1. The second-order valence-electron chi connectivity index (χ2n) is 18.8. The maximum absolute atomic E-state index is 14.6. The lowest BCUT2D eigenvalue weighted by Crippen LogP contribution is -2.60. The van der Waals surface area contributed by atoms with Gasteiger partial charge in [-0.15, -0.1) is 0 Å². The van der Waals surface area contributed by atoms with Crippen molar-refractivity contribution < 1.29 is 67.9 Å². The van der Waals surface area contributed by atoms with E-state index in [2.05, 4.69) is 20.9 Å². The molecule has 386 valence electrons. The van der Waals surface area contributed by atoms with E-state index in [-0.39, 0.29) is 45.2 Å². The summed E-state index contributed by atoms with van der Waals surface area (Å²) in [5, 5.41) is 36.8. The van der Waals surface area contributed by atoms with E-state index in [9.17, 15) is 58.5 Å². The number of carboxylic acids is 3. The van der Waals surface area contributed by atoms with Crippen molar-refractivity contribution in [3.8, 4) is 0 Å². The molecule has 22 nitrogen and oxygen atoms in total. The molecule has 4 heterocycles. The SMILES string of the molecule is CC[C@H](C)[C@@H](C(=O)N[C@H]1CCc2cccc3c2N(C1=O)[C@H](C(=O)NC1CC(=O)OC1OC)C3)N(C)C(=O)[C@H](CCC(=O)O)NC(=O)Cc1ccc(CN2CCN(CC(=O)O)CCN(CC(=O)O)CC2)cc1. The number of aryl methyl sites for hydroxylation is 1. The second-order valence-corrected chi connectivity index (χ2v) is 18.8. The molecule has 0 saturated carbocycles. The Balaban J connectivity index is 1.11. The van der Waals surface area contributed by atoms with Crippen LogP contribution < -0.4 is 20.9 Å². The van der Waals surface area contributed by atoms with Crippen LogP contribution in [0.5, 0.6) is 0 Å². The number of nitrogens with one attached hydrogen (secondary N) is 3. The highest BCUT2D eigenvalue weighted by Gasteiger charge is 2.47. The average molecular weight is 991 g/mol. The van der Waals surface area contributed by atoms with Crippen molar-refractivity contribution in [2.75, 3.05) is 71.4 Å². The largest absolute Gasteiger partial charge is 0.481 e. The molecule has 0 aliphatic carbocycles. The van der Waals surface area contributed by atoms with E-state index in [1.807, 2.05) is 37.3 Å². The Bertz CT molecular complexity index is 2290. The van der Waals surface area contributed by atoms with Gasteiger partial charge in [0.2, 0.25) is 35.8 Å². The Kier molecular flexibility index (Phi) is 18.6. The lowest BCUT2D eigenvalue weighted by Gasteiger charge is -2.35. The molecule has 2 aromatic carbocycles. The molecule has 5 amide bonds. The Hall–Kier alpha value is -6.49. The minimum absolute atomic E-state index is 0.110. The predicted molar refractivity (Wildman–Crippen MR) is 253 cm³/mol.